The number of aliphatic imine (C=N–C) groups is 1. The van der Waals surface area contributed by atoms with Crippen molar-refractivity contribution in [1.82, 2.24) is 10.6 Å². The van der Waals surface area contributed by atoms with Crippen molar-refractivity contribution in [3.8, 4) is 0 Å². The minimum absolute atomic E-state index is 0.0186. The minimum atomic E-state index is 0.0186. The molecule has 0 bridgehead atoms. The molecule has 0 unspecified atom stereocenters. The Bertz CT molecular complexity index is 624. The van der Waals surface area contributed by atoms with Crippen molar-refractivity contribution < 1.29 is 0 Å². The van der Waals surface area contributed by atoms with Crippen LogP contribution < -0.4 is 10.6 Å². The maximum absolute atomic E-state index is 4.25. The molecule has 0 fully saturated rings. The molecule has 0 atom stereocenters. The van der Waals surface area contributed by atoms with Crippen LogP contribution in [0, 0.1) is 0 Å². The Morgan fingerprint density at radius 2 is 1.76 bits per heavy atom. The summed E-state index contributed by atoms with van der Waals surface area (Å²) in [7, 11) is 1.80. The monoisotopic (exact) mass is 283 g/mol. The Labute approximate surface area is 127 Å². The minimum Gasteiger partial charge on any atom is -0.356 e. The van der Waals surface area contributed by atoms with Crippen LogP contribution in [-0.2, 0) is 6.42 Å². The van der Waals surface area contributed by atoms with E-state index in [0.717, 1.165) is 18.9 Å². The van der Waals surface area contributed by atoms with Gasteiger partial charge in [0.2, 0.25) is 0 Å². The number of nitrogens with one attached hydrogen (secondary N) is 2. The molecule has 3 heteroatoms. The summed E-state index contributed by atoms with van der Waals surface area (Å²) in [5.74, 6) is 0.850. The van der Waals surface area contributed by atoms with Gasteiger partial charge in [-0.15, -0.1) is 0 Å². The largest absolute Gasteiger partial charge is 0.356 e. The molecule has 0 aliphatic carbocycles. The summed E-state index contributed by atoms with van der Waals surface area (Å²) in [5.41, 5.74) is 1.36. The lowest BCUT2D eigenvalue weighted by atomic mass is 10.1. The van der Waals surface area contributed by atoms with E-state index in [1.54, 1.807) is 7.05 Å². The number of benzene rings is 2. The van der Waals surface area contributed by atoms with Crippen molar-refractivity contribution in [1.29, 1.82) is 0 Å². The van der Waals surface area contributed by atoms with Crippen LogP contribution in [0.5, 0.6) is 0 Å². The third-order valence-corrected chi connectivity index (χ3v) is 3.24. The van der Waals surface area contributed by atoms with Crippen LogP contribution in [0.4, 0.5) is 0 Å². The van der Waals surface area contributed by atoms with E-state index in [0.29, 0.717) is 0 Å². The van der Waals surface area contributed by atoms with E-state index in [9.17, 15) is 0 Å². The van der Waals surface area contributed by atoms with Gasteiger partial charge in [0.1, 0.15) is 0 Å². The highest BCUT2D eigenvalue weighted by Crippen LogP contribution is 2.15. The highest BCUT2D eigenvalue weighted by molar-refractivity contribution is 5.83. The second-order valence-corrected chi connectivity index (χ2v) is 6.31. The summed E-state index contributed by atoms with van der Waals surface area (Å²) in [6.45, 7) is 7.25. The normalized spacial score (nSPS) is 12.5. The number of hydrogen-bond donors (Lipinski definition) is 2. The Balaban J connectivity index is 1.92. The SMILES string of the molecule is CN=C(NCCc1ccc2ccccc2c1)NC(C)(C)C. The topological polar surface area (TPSA) is 36.4 Å². The van der Waals surface area contributed by atoms with E-state index in [2.05, 4.69) is 78.9 Å². The fourth-order valence-electron chi connectivity index (χ4n) is 2.25. The van der Waals surface area contributed by atoms with Gasteiger partial charge in [-0.05, 0) is 43.5 Å². The Hall–Kier alpha value is -2.03. The lowest BCUT2D eigenvalue weighted by molar-refractivity contribution is 0.501. The number of nitrogens with zero attached hydrogens (tertiary/aromatic N) is 1. The van der Waals surface area contributed by atoms with E-state index in [1.807, 2.05) is 0 Å². The van der Waals surface area contributed by atoms with E-state index >= 15 is 0 Å². The molecule has 0 saturated heterocycles. The van der Waals surface area contributed by atoms with Crippen LogP contribution in [0.25, 0.3) is 10.8 Å². The van der Waals surface area contributed by atoms with Crippen LogP contribution >= 0.6 is 0 Å². The zero-order valence-electron chi connectivity index (χ0n) is 13.4. The van der Waals surface area contributed by atoms with Crippen LogP contribution in [0.15, 0.2) is 47.5 Å². The van der Waals surface area contributed by atoms with Crippen LogP contribution in [0.1, 0.15) is 26.3 Å². The predicted octanol–water partition coefficient (Wildman–Crippen LogP) is 3.35. The molecule has 2 aromatic rings. The first-order chi connectivity index (χ1) is 9.98. The smallest absolute Gasteiger partial charge is 0.191 e. The standard InChI is InChI=1S/C18H25N3/c1-18(2,3)21-17(19-4)20-12-11-14-9-10-15-7-5-6-8-16(15)13-14/h5-10,13H,11-12H2,1-4H3,(H2,19,20,21). The van der Waals surface area contributed by atoms with Crippen molar-refractivity contribution in [3.63, 3.8) is 0 Å². The third-order valence-electron chi connectivity index (χ3n) is 3.24. The highest BCUT2D eigenvalue weighted by atomic mass is 15.2. The Morgan fingerprint density at radius 3 is 2.43 bits per heavy atom. The summed E-state index contributed by atoms with van der Waals surface area (Å²) in [4.78, 5) is 4.25. The molecular formula is C18H25N3. The van der Waals surface area contributed by atoms with Crippen molar-refractivity contribution >= 4 is 16.7 Å². The zero-order chi connectivity index (χ0) is 15.3. The van der Waals surface area contributed by atoms with Gasteiger partial charge in [0.05, 0.1) is 0 Å². The third kappa shape index (κ3) is 4.78. The van der Waals surface area contributed by atoms with E-state index in [4.69, 9.17) is 0 Å². The summed E-state index contributed by atoms with van der Waals surface area (Å²) >= 11 is 0. The average Bonchev–Trinajstić information content (AvgIpc) is 2.45. The van der Waals surface area contributed by atoms with Gasteiger partial charge in [-0.3, -0.25) is 4.99 Å². The second-order valence-electron chi connectivity index (χ2n) is 6.31. The molecule has 0 spiro atoms. The molecule has 2 aromatic carbocycles. The lowest BCUT2D eigenvalue weighted by Crippen LogP contribution is -2.48. The maximum atomic E-state index is 4.25. The molecule has 0 radical (unpaired) electrons. The van der Waals surface area contributed by atoms with Gasteiger partial charge in [-0.25, -0.2) is 0 Å². The number of guanidine groups is 1. The van der Waals surface area contributed by atoms with Crippen molar-refractivity contribution in [2.45, 2.75) is 32.7 Å². The van der Waals surface area contributed by atoms with Gasteiger partial charge < -0.3 is 10.6 Å². The molecule has 0 aliphatic heterocycles. The van der Waals surface area contributed by atoms with Gasteiger partial charge in [-0.1, -0.05) is 42.5 Å². The molecule has 0 saturated carbocycles. The summed E-state index contributed by atoms with van der Waals surface area (Å²) in [6.07, 6.45) is 0.982. The molecule has 0 heterocycles. The predicted molar refractivity (Wildman–Crippen MR) is 91.9 cm³/mol. The van der Waals surface area contributed by atoms with E-state index in [-0.39, 0.29) is 5.54 Å². The van der Waals surface area contributed by atoms with Gasteiger partial charge in [-0.2, -0.15) is 0 Å². The van der Waals surface area contributed by atoms with Crippen LogP contribution in [-0.4, -0.2) is 25.1 Å². The van der Waals surface area contributed by atoms with Crippen molar-refractivity contribution in [3.05, 3.63) is 48.0 Å². The van der Waals surface area contributed by atoms with Crippen LogP contribution in [0.3, 0.4) is 0 Å². The highest BCUT2D eigenvalue weighted by Gasteiger charge is 2.11. The Kier molecular flexibility index (Phi) is 4.84. The fraction of sp³-hybridized carbons (Fsp3) is 0.389. The van der Waals surface area contributed by atoms with E-state index in [1.165, 1.54) is 16.3 Å². The second kappa shape index (κ2) is 6.61. The summed E-state index contributed by atoms with van der Waals surface area (Å²) in [6, 6.07) is 15.1. The first-order valence-electron chi connectivity index (χ1n) is 7.44. The van der Waals surface area contributed by atoms with Crippen molar-refractivity contribution in [2.75, 3.05) is 13.6 Å². The molecule has 2 rings (SSSR count). The lowest BCUT2D eigenvalue weighted by Gasteiger charge is -2.23. The zero-order valence-corrected chi connectivity index (χ0v) is 13.4. The molecular weight excluding hydrogens is 258 g/mol. The molecule has 21 heavy (non-hydrogen) atoms. The van der Waals surface area contributed by atoms with Gasteiger partial charge in [0, 0.05) is 19.1 Å². The maximum Gasteiger partial charge on any atom is 0.191 e. The molecule has 112 valence electrons. The first-order valence-corrected chi connectivity index (χ1v) is 7.44. The van der Waals surface area contributed by atoms with E-state index < -0.39 is 0 Å². The van der Waals surface area contributed by atoms with Crippen molar-refractivity contribution in [2.24, 2.45) is 4.99 Å². The van der Waals surface area contributed by atoms with Gasteiger partial charge in [0.25, 0.3) is 0 Å². The van der Waals surface area contributed by atoms with Gasteiger partial charge in [0.15, 0.2) is 5.96 Å². The molecule has 0 aliphatic rings. The number of hydrogen-bond acceptors (Lipinski definition) is 1. The van der Waals surface area contributed by atoms with Crippen LogP contribution in [0.2, 0.25) is 0 Å². The first kappa shape index (κ1) is 15.4. The van der Waals surface area contributed by atoms with Gasteiger partial charge >= 0.3 is 0 Å². The molecule has 0 amide bonds. The fourth-order valence-corrected chi connectivity index (χ4v) is 2.25. The number of rotatable bonds is 3. The summed E-state index contributed by atoms with van der Waals surface area (Å²) < 4.78 is 0. The molecule has 3 nitrogen and oxygen atoms in total. The Morgan fingerprint density at radius 1 is 1.05 bits per heavy atom. The molecule has 2 N–H and O–H groups in total. The average molecular weight is 283 g/mol. The molecule has 0 aromatic heterocycles. The quantitative estimate of drug-likeness (QED) is 0.669. The number of fused-ring (bicyclic) bond motifs is 1. The summed E-state index contributed by atoms with van der Waals surface area (Å²) in [5, 5.41) is 9.31.